The van der Waals surface area contributed by atoms with Crippen LogP contribution in [-0.2, 0) is 17.6 Å². The van der Waals surface area contributed by atoms with E-state index in [0.717, 1.165) is 37.7 Å². The Hall–Kier alpha value is -2.54. The Morgan fingerprint density at radius 3 is 2.45 bits per heavy atom. The van der Waals surface area contributed by atoms with Gasteiger partial charge in [0, 0.05) is 10.4 Å². The molecule has 0 saturated carbocycles. The van der Waals surface area contributed by atoms with E-state index in [0.29, 0.717) is 34.2 Å². The monoisotopic (exact) mass is 417 g/mol. The van der Waals surface area contributed by atoms with Gasteiger partial charge in [0.1, 0.15) is 5.00 Å². The van der Waals surface area contributed by atoms with Crippen LogP contribution in [-0.4, -0.2) is 32.7 Å². The van der Waals surface area contributed by atoms with Gasteiger partial charge >= 0.3 is 5.97 Å². The first kappa shape index (κ1) is 21.2. The summed E-state index contributed by atoms with van der Waals surface area (Å²) in [6.45, 7) is 2.09. The summed E-state index contributed by atoms with van der Waals surface area (Å²) in [6.07, 6.45) is 6.26. The third-order valence-electron chi connectivity index (χ3n) is 5.02. The minimum absolute atomic E-state index is 0.298. The molecule has 0 fully saturated rings. The highest BCUT2D eigenvalue weighted by Gasteiger charge is 2.26. The van der Waals surface area contributed by atoms with Gasteiger partial charge < -0.3 is 19.5 Å². The standard InChI is InChI=1S/C22H27NO5S/c1-4-28-22(25)19-15-9-7-5-6-8-10-18(15)29-21(19)23-20(24)14-11-12-16(26-2)17(13-14)27-3/h11-13H,4-10H2,1-3H3,(H,23,24). The van der Waals surface area contributed by atoms with E-state index in [-0.39, 0.29) is 11.9 Å². The van der Waals surface area contributed by atoms with E-state index in [1.165, 1.54) is 29.7 Å². The van der Waals surface area contributed by atoms with E-state index >= 15 is 0 Å². The minimum Gasteiger partial charge on any atom is -0.493 e. The summed E-state index contributed by atoms with van der Waals surface area (Å²) < 4.78 is 15.8. The normalized spacial score (nSPS) is 13.6. The van der Waals surface area contributed by atoms with E-state index in [1.807, 2.05) is 0 Å². The number of hydrogen-bond donors (Lipinski definition) is 1. The number of anilines is 1. The van der Waals surface area contributed by atoms with Crippen LogP contribution in [0, 0.1) is 0 Å². The molecular formula is C22H27NO5S. The molecule has 1 aliphatic rings. The quantitative estimate of drug-likeness (QED) is 0.680. The number of amides is 1. The van der Waals surface area contributed by atoms with Crippen molar-refractivity contribution in [3.8, 4) is 11.5 Å². The van der Waals surface area contributed by atoms with Gasteiger partial charge in [-0.3, -0.25) is 4.79 Å². The van der Waals surface area contributed by atoms with Crippen molar-refractivity contribution >= 4 is 28.2 Å². The minimum atomic E-state index is -0.367. The predicted octanol–water partition coefficient (Wildman–Crippen LogP) is 4.85. The lowest BCUT2D eigenvalue weighted by Gasteiger charge is -2.12. The fourth-order valence-electron chi connectivity index (χ4n) is 3.58. The number of nitrogens with one attached hydrogen (secondary N) is 1. The van der Waals surface area contributed by atoms with Gasteiger partial charge in [0.15, 0.2) is 11.5 Å². The van der Waals surface area contributed by atoms with Crippen LogP contribution < -0.4 is 14.8 Å². The van der Waals surface area contributed by atoms with Gasteiger partial charge in [-0.25, -0.2) is 4.79 Å². The van der Waals surface area contributed by atoms with E-state index in [1.54, 1.807) is 32.2 Å². The molecule has 0 radical (unpaired) electrons. The fourth-order valence-corrected chi connectivity index (χ4v) is 4.85. The first-order valence-electron chi connectivity index (χ1n) is 9.94. The third kappa shape index (κ3) is 4.72. The second-order valence-corrected chi connectivity index (χ2v) is 7.97. The SMILES string of the molecule is CCOC(=O)c1c(NC(=O)c2ccc(OC)c(OC)c2)sc2c1CCCCCC2. The Bertz CT molecular complexity index is 890. The molecule has 1 amide bonds. The number of carbonyl (C=O) groups is 2. The molecule has 0 atom stereocenters. The molecule has 0 unspecified atom stereocenters. The maximum Gasteiger partial charge on any atom is 0.341 e. The number of fused-ring (bicyclic) bond motifs is 1. The van der Waals surface area contributed by atoms with Crippen LogP contribution in [0.25, 0.3) is 0 Å². The number of carbonyl (C=O) groups excluding carboxylic acids is 2. The summed E-state index contributed by atoms with van der Waals surface area (Å²) in [6, 6.07) is 4.99. The molecule has 1 aromatic carbocycles. The second kappa shape index (κ2) is 9.78. The van der Waals surface area contributed by atoms with Crippen molar-refractivity contribution in [2.75, 3.05) is 26.1 Å². The van der Waals surface area contributed by atoms with Crippen LogP contribution in [0.3, 0.4) is 0 Å². The van der Waals surface area contributed by atoms with Gasteiger partial charge in [0.25, 0.3) is 5.91 Å². The Morgan fingerprint density at radius 2 is 1.76 bits per heavy atom. The molecule has 1 aliphatic carbocycles. The highest BCUT2D eigenvalue weighted by atomic mass is 32.1. The average Bonchev–Trinajstić information content (AvgIpc) is 3.03. The van der Waals surface area contributed by atoms with Gasteiger partial charge in [-0.2, -0.15) is 0 Å². The van der Waals surface area contributed by atoms with Crippen molar-refractivity contribution in [2.45, 2.75) is 45.4 Å². The van der Waals surface area contributed by atoms with Crippen molar-refractivity contribution < 1.29 is 23.8 Å². The largest absolute Gasteiger partial charge is 0.493 e. The topological polar surface area (TPSA) is 73.9 Å². The first-order chi connectivity index (χ1) is 14.1. The maximum atomic E-state index is 12.9. The lowest BCUT2D eigenvalue weighted by Crippen LogP contribution is -2.15. The molecule has 0 saturated heterocycles. The fraction of sp³-hybridized carbons (Fsp3) is 0.455. The van der Waals surface area contributed by atoms with Crippen molar-refractivity contribution in [1.29, 1.82) is 0 Å². The summed E-state index contributed by atoms with van der Waals surface area (Å²) in [7, 11) is 3.07. The van der Waals surface area contributed by atoms with Crippen LogP contribution in [0.15, 0.2) is 18.2 Å². The number of esters is 1. The van der Waals surface area contributed by atoms with Gasteiger partial charge in [-0.05, 0) is 56.4 Å². The highest BCUT2D eigenvalue weighted by Crippen LogP contribution is 2.38. The van der Waals surface area contributed by atoms with Crippen LogP contribution in [0.5, 0.6) is 11.5 Å². The predicted molar refractivity (Wildman–Crippen MR) is 114 cm³/mol. The Labute approximate surface area is 175 Å². The second-order valence-electron chi connectivity index (χ2n) is 6.87. The molecule has 0 spiro atoms. The Morgan fingerprint density at radius 1 is 1.03 bits per heavy atom. The summed E-state index contributed by atoms with van der Waals surface area (Å²) in [5, 5.41) is 3.50. The zero-order chi connectivity index (χ0) is 20.8. The Kier molecular flexibility index (Phi) is 7.14. The zero-order valence-electron chi connectivity index (χ0n) is 17.1. The molecule has 7 heteroatoms. The summed E-state index contributed by atoms with van der Waals surface area (Å²) >= 11 is 1.49. The number of thiophene rings is 1. The van der Waals surface area contributed by atoms with E-state index in [2.05, 4.69) is 5.32 Å². The van der Waals surface area contributed by atoms with Gasteiger partial charge in [-0.1, -0.05) is 12.8 Å². The average molecular weight is 418 g/mol. The Balaban J connectivity index is 1.94. The highest BCUT2D eigenvalue weighted by molar-refractivity contribution is 7.17. The van der Waals surface area contributed by atoms with Crippen molar-refractivity contribution in [1.82, 2.24) is 0 Å². The van der Waals surface area contributed by atoms with Crippen molar-refractivity contribution in [3.05, 3.63) is 39.8 Å². The zero-order valence-corrected chi connectivity index (χ0v) is 17.9. The molecule has 0 bridgehead atoms. The number of hydrogen-bond acceptors (Lipinski definition) is 6. The van der Waals surface area contributed by atoms with Crippen LogP contribution in [0.2, 0.25) is 0 Å². The third-order valence-corrected chi connectivity index (χ3v) is 6.23. The lowest BCUT2D eigenvalue weighted by molar-refractivity contribution is 0.0526. The van der Waals surface area contributed by atoms with Crippen LogP contribution in [0.1, 0.15) is 63.8 Å². The van der Waals surface area contributed by atoms with E-state index in [4.69, 9.17) is 14.2 Å². The maximum absolute atomic E-state index is 12.9. The summed E-state index contributed by atoms with van der Waals surface area (Å²) in [5.41, 5.74) is 1.98. The first-order valence-corrected chi connectivity index (χ1v) is 10.8. The van der Waals surface area contributed by atoms with Gasteiger partial charge in [0.2, 0.25) is 0 Å². The smallest absolute Gasteiger partial charge is 0.341 e. The van der Waals surface area contributed by atoms with Crippen molar-refractivity contribution in [2.24, 2.45) is 0 Å². The molecule has 1 heterocycles. The summed E-state index contributed by atoms with van der Waals surface area (Å²) in [5.74, 6) is 0.360. The molecule has 2 aromatic rings. The van der Waals surface area contributed by atoms with Gasteiger partial charge in [0.05, 0.1) is 26.4 Å². The number of rotatable bonds is 6. The molecule has 0 aliphatic heterocycles. The van der Waals surface area contributed by atoms with Gasteiger partial charge in [-0.15, -0.1) is 11.3 Å². The van der Waals surface area contributed by atoms with Crippen LogP contribution >= 0.6 is 11.3 Å². The van der Waals surface area contributed by atoms with E-state index in [9.17, 15) is 9.59 Å². The van der Waals surface area contributed by atoms with Crippen molar-refractivity contribution in [3.63, 3.8) is 0 Å². The molecule has 3 rings (SSSR count). The number of aryl methyl sites for hydroxylation is 1. The molecule has 6 nitrogen and oxygen atoms in total. The summed E-state index contributed by atoms with van der Waals surface area (Å²) in [4.78, 5) is 26.8. The molecule has 1 aromatic heterocycles. The van der Waals surface area contributed by atoms with E-state index < -0.39 is 0 Å². The van der Waals surface area contributed by atoms with Crippen LogP contribution in [0.4, 0.5) is 5.00 Å². The molecular weight excluding hydrogens is 390 g/mol. The number of ether oxygens (including phenoxy) is 3. The molecule has 1 N–H and O–H groups in total. The molecule has 156 valence electrons. The lowest BCUT2D eigenvalue weighted by atomic mass is 9.96. The number of methoxy groups -OCH3 is 2. The number of benzene rings is 1. The molecule has 29 heavy (non-hydrogen) atoms.